The molecular formula is C25H30F3N3O4. The maximum atomic E-state index is 12.8. The summed E-state index contributed by atoms with van der Waals surface area (Å²) < 4.78 is 44.3. The third-order valence-corrected chi connectivity index (χ3v) is 5.70. The van der Waals surface area contributed by atoms with E-state index in [1.165, 1.54) is 5.56 Å². The number of carboxylic acids is 1. The van der Waals surface area contributed by atoms with Crippen LogP contribution < -0.4 is 10.1 Å². The summed E-state index contributed by atoms with van der Waals surface area (Å²) >= 11 is 0. The van der Waals surface area contributed by atoms with E-state index in [2.05, 4.69) is 11.4 Å². The molecule has 0 spiro atoms. The number of nitrogens with one attached hydrogen (secondary N) is 1. The number of nitrogens with zero attached hydrogens (tertiary/aromatic N) is 2. The van der Waals surface area contributed by atoms with Crippen molar-refractivity contribution < 1.29 is 32.6 Å². The van der Waals surface area contributed by atoms with Gasteiger partial charge in [0, 0.05) is 38.5 Å². The van der Waals surface area contributed by atoms with Crippen LogP contribution >= 0.6 is 0 Å². The lowest BCUT2D eigenvalue weighted by atomic mass is 10.0. The number of pyridine rings is 1. The summed E-state index contributed by atoms with van der Waals surface area (Å²) in [4.78, 5) is 26.7. The number of halogens is 3. The van der Waals surface area contributed by atoms with Crippen molar-refractivity contribution >= 4 is 17.7 Å². The largest absolute Gasteiger partial charge is 0.493 e. The van der Waals surface area contributed by atoms with Gasteiger partial charge in [0.15, 0.2) is 0 Å². The van der Waals surface area contributed by atoms with Gasteiger partial charge in [-0.1, -0.05) is 12.1 Å². The Balaban J connectivity index is 0.000000795. The zero-order valence-electron chi connectivity index (χ0n) is 19.7. The second kappa shape index (κ2) is 11.9. The summed E-state index contributed by atoms with van der Waals surface area (Å²) in [5, 5.41) is 10.8. The van der Waals surface area contributed by atoms with Gasteiger partial charge < -0.3 is 20.1 Å². The van der Waals surface area contributed by atoms with Crippen LogP contribution in [0.2, 0.25) is 0 Å². The quantitative estimate of drug-likeness (QED) is 0.643. The van der Waals surface area contributed by atoms with Crippen LogP contribution in [0.3, 0.4) is 0 Å². The lowest BCUT2D eigenvalue weighted by Gasteiger charge is -2.22. The van der Waals surface area contributed by atoms with Crippen LogP contribution in [-0.4, -0.2) is 52.7 Å². The first-order chi connectivity index (χ1) is 16.6. The second-order valence-electron chi connectivity index (χ2n) is 8.61. The number of carbonyl (C=O) groups excluding carboxylic acids is 1. The van der Waals surface area contributed by atoms with E-state index in [1.54, 1.807) is 6.07 Å². The average Bonchev–Trinajstić information content (AvgIpc) is 3.09. The number of carboxylic acid groups (broad SMARTS) is 1. The van der Waals surface area contributed by atoms with Crippen LogP contribution in [0.1, 0.15) is 48.6 Å². The second-order valence-corrected chi connectivity index (χ2v) is 8.61. The first-order valence-electron chi connectivity index (χ1n) is 11.6. The Bertz CT molecular complexity index is 1040. The van der Waals surface area contributed by atoms with Gasteiger partial charge in [0.05, 0.1) is 6.61 Å². The Morgan fingerprint density at radius 3 is 2.60 bits per heavy atom. The fourth-order valence-electron chi connectivity index (χ4n) is 4.08. The predicted molar refractivity (Wildman–Crippen MR) is 124 cm³/mol. The molecule has 0 fully saturated rings. The van der Waals surface area contributed by atoms with E-state index in [1.807, 2.05) is 18.2 Å². The number of hydrogen-bond donors (Lipinski definition) is 2. The number of hydrogen-bond acceptors (Lipinski definition) is 5. The van der Waals surface area contributed by atoms with E-state index in [0.717, 1.165) is 54.7 Å². The summed E-state index contributed by atoms with van der Waals surface area (Å²) in [5.74, 6) is 0.237. The molecule has 10 heteroatoms. The number of aromatic nitrogens is 1. The number of alkyl halides is 3. The van der Waals surface area contributed by atoms with Gasteiger partial charge in [-0.15, -0.1) is 0 Å². The molecule has 0 unspecified atom stereocenters. The number of aliphatic carboxylic acids is 1. The van der Waals surface area contributed by atoms with Crippen molar-refractivity contribution in [1.82, 2.24) is 9.88 Å². The molecule has 2 aromatic rings. The fraction of sp³-hybridized carbons (Fsp3) is 0.480. The first-order valence-corrected chi connectivity index (χ1v) is 11.6. The zero-order chi connectivity index (χ0) is 25.4. The number of anilines is 1. The van der Waals surface area contributed by atoms with Crippen molar-refractivity contribution in [2.75, 3.05) is 25.0 Å². The highest BCUT2D eigenvalue weighted by Gasteiger charge is 2.34. The molecule has 1 aromatic heterocycles. The van der Waals surface area contributed by atoms with Crippen LogP contribution in [0.4, 0.5) is 19.0 Å². The number of fused-ring (bicyclic) bond motifs is 2. The Morgan fingerprint density at radius 1 is 1.11 bits per heavy atom. The Kier molecular flexibility index (Phi) is 8.95. The van der Waals surface area contributed by atoms with E-state index in [4.69, 9.17) is 19.6 Å². The van der Waals surface area contributed by atoms with Gasteiger partial charge in [-0.25, -0.2) is 4.98 Å². The summed E-state index contributed by atoms with van der Waals surface area (Å²) in [5.41, 5.74) is 3.78. The van der Waals surface area contributed by atoms with E-state index in [-0.39, 0.29) is 13.0 Å². The molecule has 7 nitrogen and oxygen atoms in total. The Morgan fingerprint density at radius 2 is 1.86 bits per heavy atom. The number of amides is 1. The Hall–Kier alpha value is -3.30. The van der Waals surface area contributed by atoms with Crippen LogP contribution in [-0.2, 0) is 35.4 Å². The highest BCUT2D eigenvalue weighted by atomic mass is 19.4. The van der Waals surface area contributed by atoms with Crippen molar-refractivity contribution in [3.63, 3.8) is 0 Å². The molecule has 1 aromatic carbocycles. The minimum absolute atomic E-state index is 0.0527. The number of ether oxygens (including phenoxy) is 1. The van der Waals surface area contributed by atoms with Gasteiger partial charge in [-0.3, -0.25) is 9.59 Å². The topological polar surface area (TPSA) is 91.8 Å². The SMILES string of the molecule is CC(=O)O.O=C1CCc2ccc(OCCc3ccc4c(n3)NCCCC4)cc2CN1CC(F)(F)F. The lowest BCUT2D eigenvalue weighted by Crippen LogP contribution is -2.37. The van der Waals surface area contributed by atoms with Crippen molar-refractivity contribution in [3.05, 3.63) is 52.7 Å². The molecule has 2 aliphatic rings. The minimum Gasteiger partial charge on any atom is -0.493 e. The maximum absolute atomic E-state index is 12.8. The maximum Gasteiger partial charge on any atom is 0.406 e. The molecule has 0 saturated carbocycles. The molecule has 0 radical (unpaired) electrons. The summed E-state index contributed by atoms with van der Waals surface area (Å²) in [7, 11) is 0. The summed E-state index contributed by atoms with van der Waals surface area (Å²) in [6.07, 6.45) is 0.0770. The van der Waals surface area contributed by atoms with Crippen LogP contribution in [0.5, 0.6) is 5.75 Å². The normalized spacial score (nSPS) is 15.4. The number of benzene rings is 1. The molecule has 35 heavy (non-hydrogen) atoms. The summed E-state index contributed by atoms with van der Waals surface area (Å²) in [6, 6.07) is 9.55. The van der Waals surface area contributed by atoms with Gasteiger partial charge in [0.2, 0.25) is 5.91 Å². The van der Waals surface area contributed by atoms with Gasteiger partial charge in [-0.2, -0.15) is 13.2 Å². The van der Waals surface area contributed by atoms with Gasteiger partial charge in [0.1, 0.15) is 18.1 Å². The molecule has 0 aliphatic carbocycles. The highest BCUT2D eigenvalue weighted by molar-refractivity contribution is 5.77. The predicted octanol–water partition coefficient (Wildman–Crippen LogP) is 4.38. The molecule has 1 amide bonds. The van der Waals surface area contributed by atoms with Crippen molar-refractivity contribution in [2.45, 2.75) is 58.2 Å². The van der Waals surface area contributed by atoms with E-state index < -0.39 is 24.6 Å². The zero-order valence-corrected chi connectivity index (χ0v) is 19.7. The number of aryl methyl sites for hydroxylation is 2. The molecule has 3 heterocycles. The fourth-order valence-corrected chi connectivity index (χ4v) is 4.08. The van der Waals surface area contributed by atoms with Crippen molar-refractivity contribution in [1.29, 1.82) is 0 Å². The van der Waals surface area contributed by atoms with Gasteiger partial charge in [0.25, 0.3) is 5.97 Å². The minimum atomic E-state index is -4.41. The van der Waals surface area contributed by atoms with Crippen molar-refractivity contribution in [2.24, 2.45) is 0 Å². The lowest BCUT2D eigenvalue weighted by molar-refractivity contribution is -0.162. The number of carbonyl (C=O) groups is 2. The molecule has 0 atom stereocenters. The third kappa shape index (κ3) is 8.45. The number of rotatable bonds is 5. The van der Waals surface area contributed by atoms with E-state index >= 15 is 0 Å². The van der Waals surface area contributed by atoms with E-state index in [9.17, 15) is 18.0 Å². The molecule has 2 aliphatic heterocycles. The molecule has 190 valence electrons. The van der Waals surface area contributed by atoms with Gasteiger partial charge >= 0.3 is 6.18 Å². The summed E-state index contributed by atoms with van der Waals surface area (Å²) in [6.45, 7) is 1.15. The van der Waals surface area contributed by atoms with Crippen LogP contribution in [0.25, 0.3) is 0 Å². The standard InChI is InChI=1S/C23H26F3N3O2.C2H4O2/c24-23(25,26)15-29-14-18-13-20(8-5-16(18)6-9-21(29)30)31-12-10-19-7-4-17-3-1-2-11-27-22(17)28-19;1-2(3)4/h4-5,7-8,13H,1-3,6,9-12,14-15H2,(H,27,28);1H3,(H,3,4). The van der Waals surface area contributed by atoms with Crippen LogP contribution in [0.15, 0.2) is 30.3 Å². The molecule has 4 rings (SSSR count). The molecule has 2 N–H and O–H groups in total. The average molecular weight is 494 g/mol. The smallest absolute Gasteiger partial charge is 0.406 e. The highest BCUT2D eigenvalue weighted by Crippen LogP contribution is 2.27. The van der Waals surface area contributed by atoms with E-state index in [0.29, 0.717) is 30.8 Å². The third-order valence-electron chi connectivity index (χ3n) is 5.70. The van der Waals surface area contributed by atoms with Crippen molar-refractivity contribution in [3.8, 4) is 5.75 Å². The molecule has 0 saturated heterocycles. The monoisotopic (exact) mass is 493 g/mol. The Labute approximate surface area is 202 Å². The van der Waals surface area contributed by atoms with Crippen LogP contribution in [0, 0.1) is 0 Å². The molecule has 0 bridgehead atoms. The first kappa shape index (κ1) is 26.3. The van der Waals surface area contributed by atoms with Gasteiger partial charge in [-0.05, 0) is 60.6 Å². The molecular weight excluding hydrogens is 463 g/mol.